The van der Waals surface area contributed by atoms with Crippen molar-refractivity contribution in [2.24, 2.45) is 0 Å². The van der Waals surface area contributed by atoms with Gasteiger partial charge < -0.3 is 19.9 Å². The Morgan fingerprint density at radius 2 is 2.00 bits per heavy atom. The van der Waals surface area contributed by atoms with E-state index in [2.05, 4.69) is 25.2 Å². The molecule has 1 aromatic carbocycles. The van der Waals surface area contributed by atoms with Gasteiger partial charge in [-0.25, -0.2) is 4.79 Å². The highest BCUT2D eigenvalue weighted by Crippen LogP contribution is 2.23. The Morgan fingerprint density at radius 1 is 1.24 bits per heavy atom. The number of nitrogens with zero attached hydrogens (tertiary/aromatic N) is 2. The second kappa shape index (κ2) is 7.76. The number of rotatable bonds is 6. The van der Waals surface area contributed by atoms with Gasteiger partial charge in [0.15, 0.2) is 0 Å². The number of nitrogens with one attached hydrogen (secondary N) is 1. The van der Waals surface area contributed by atoms with Crippen LogP contribution in [0.25, 0.3) is 0 Å². The van der Waals surface area contributed by atoms with Gasteiger partial charge >= 0.3 is 6.03 Å². The summed E-state index contributed by atoms with van der Waals surface area (Å²) in [5, 5.41) is 2.98. The van der Waals surface area contributed by atoms with Gasteiger partial charge in [-0.3, -0.25) is 4.79 Å². The maximum atomic E-state index is 12.3. The van der Waals surface area contributed by atoms with Crippen LogP contribution >= 0.6 is 0 Å². The van der Waals surface area contributed by atoms with Crippen LogP contribution in [0.5, 0.6) is 5.75 Å². The van der Waals surface area contributed by atoms with Crippen LogP contribution in [0.4, 0.5) is 4.79 Å². The van der Waals surface area contributed by atoms with Gasteiger partial charge in [0.05, 0.1) is 19.1 Å². The summed E-state index contributed by atoms with van der Waals surface area (Å²) >= 11 is 0. The van der Waals surface area contributed by atoms with Crippen LogP contribution in [0, 0.1) is 0 Å². The van der Waals surface area contributed by atoms with Crippen molar-refractivity contribution in [2.75, 3.05) is 26.2 Å². The second-order valence-corrected chi connectivity index (χ2v) is 6.80. The van der Waals surface area contributed by atoms with Gasteiger partial charge in [-0.05, 0) is 24.5 Å². The van der Waals surface area contributed by atoms with Crippen molar-refractivity contribution in [1.82, 2.24) is 15.1 Å². The number of amides is 3. The van der Waals surface area contributed by atoms with Crippen LogP contribution in [0.1, 0.15) is 32.3 Å². The summed E-state index contributed by atoms with van der Waals surface area (Å²) in [6.07, 6.45) is 2.32. The molecule has 0 bridgehead atoms. The molecule has 1 N–H and O–H groups in total. The molecular weight excluding hydrogens is 318 g/mol. The summed E-state index contributed by atoms with van der Waals surface area (Å²) in [6.45, 7) is 6.72. The number of carbonyl (C=O) groups excluding carboxylic acids is 2. The molecule has 136 valence electrons. The van der Waals surface area contributed by atoms with E-state index in [4.69, 9.17) is 4.74 Å². The maximum Gasteiger partial charge on any atom is 0.317 e. The van der Waals surface area contributed by atoms with Crippen LogP contribution < -0.4 is 10.1 Å². The number of aryl methyl sites for hydroxylation is 1. The van der Waals surface area contributed by atoms with Gasteiger partial charge in [-0.1, -0.05) is 32.0 Å². The highest BCUT2D eigenvalue weighted by Gasteiger charge is 2.36. The van der Waals surface area contributed by atoms with Crippen molar-refractivity contribution < 1.29 is 14.3 Å². The van der Waals surface area contributed by atoms with Crippen molar-refractivity contribution in [3.05, 3.63) is 29.8 Å². The molecule has 25 heavy (non-hydrogen) atoms. The van der Waals surface area contributed by atoms with Gasteiger partial charge in [0, 0.05) is 19.5 Å². The summed E-state index contributed by atoms with van der Waals surface area (Å²) in [4.78, 5) is 27.7. The van der Waals surface area contributed by atoms with Crippen molar-refractivity contribution in [3.63, 3.8) is 0 Å². The zero-order valence-electron chi connectivity index (χ0n) is 15.0. The molecule has 6 nitrogen and oxygen atoms in total. The first-order valence-corrected chi connectivity index (χ1v) is 9.18. The molecule has 0 aliphatic carbocycles. The van der Waals surface area contributed by atoms with Gasteiger partial charge in [-0.2, -0.15) is 0 Å². The molecule has 0 unspecified atom stereocenters. The fourth-order valence-corrected chi connectivity index (χ4v) is 3.39. The molecule has 0 spiro atoms. The fourth-order valence-electron chi connectivity index (χ4n) is 3.39. The lowest BCUT2D eigenvalue weighted by molar-refractivity contribution is -0.127. The summed E-state index contributed by atoms with van der Waals surface area (Å²) in [6, 6.07) is 7.85. The Kier molecular flexibility index (Phi) is 5.46. The molecule has 1 aromatic rings. The van der Waals surface area contributed by atoms with Crippen molar-refractivity contribution in [1.29, 1.82) is 0 Å². The second-order valence-electron chi connectivity index (χ2n) is 6.80. The number of hydrogen-bond donors (Lipinski definition) is 1. The van der Waals surface area contributed by atoms with Crippen LogP contribution in [-0.4, -0.2) is 60.1 Å². The lowest BCUT2D eigenvalue weighted by Crippen LogP contribution is -2.60. The number of urea groups is 1. The monoisotopic (exact) mass is 345 g/mol. The zero-order valence-corrected chi connectivity index (χ0v) is 15.0. The molecule has 0 saturated carbocycles. The van der Waals surface area contributed by atoms with E-state index in [-0.39, 0.29) is 24.1 Å². The van der Waals surface area contributed by atoms with E-state index in [1.165, 1.54) is 5.56 Å². The standard InChI is InChI=1S/C19H27N3O3/c1-3-9-21-11-15(10-18(21)23)20-19(24)22-12-16(13-22)25-17-8-6-5-7-14(17)4-2/h5-8,15-16H,3-4,9-13H2,1-2H3,(H,20,24)/t15-/m1/s1. The van der Waals surface area contributed by atoms with Crippen molar-refractivity contribution >= 4 is 11.9 Å². The topological polar surface area (TPSA) is 61.9 Å². The first-order chi connectivity index (χ1) is 12.1. The minimum Gasteiger partial charge on any atom is -0.486 e. The summed E-state index contributed by atoms with van der Waals surface area (Å²) in [7, 11) is 0. The third-order valence-corrected chi connectivity index (χ3v) is 4.82. The summed E-state index contributed by atoms with van der Waals surface area (Å²) in [5.74, 6) is 1.04. The minimum absolute atomic E-state index is 0.0419. The van der Waals surface area contributed by atoms with Gasteiger partial charge in [0.25, 0.3) is 0 Å². The predicted octanol–water partition coefficient (Wildman–Crippen LogP) is 2.03. The molecular formula is C19H27N3O3. The predicted molar refractivity (Wildman–Crippen MR) is 95.6 cm³/mol. The SMILES string of the molecule is CCCN1C[C@H](NC(=O)N2CC(Oc3ccccc3CC)C2)CC1=O. The van der Waals surface area contributed by atoms with E-state index in [9.17, 15) is 9.59 Å². The number of carbonyl (C=O) groups is 2. The Balaban J connectivity index is 1.43. The smallest absolute Gasteiger partial charge is 0.317 e. The minimum atomic E-state index is -0.0974. The van der Waals surface area contributed by atoms with Crippen LogP contribution in [0.15, 0.2) is 24.3 Å². The number of ether oxygens (including phenoxy) is 1. The third kappa shape index (κ3) is 4.06. The van der Waals surface area contributed by atoms with Crippen molar-refractivity contribution in [3.8, 4) is 5.75 Å². The van der Waals surface area contributed by atoms with E-state index < -0.39 is 0 Å². The summed E-state index contributed by atoms with van der Waals surface area (Å²) in [5.41, 5.74) is 1.19. The molecule has 1 atom stereocenters. The highest BCUT2D eigenvalue weighted by atomic mass is 16.5. The van der Waals surface area contributed by atoms with Crippen LogP contribution in [-0.2, 0) is 11.2 Å². The molecule has 0 aromatic heterocycles. The molecule has 2 aliphatic rings. The Hall–Kier alpha value is -2.24. The van der Waals surface area contributed by atoms with E-state index in [0.29, 0.717) is 26.1 Å². The quantitative estimate of drug-likeness (QED) is 0.858. The first-order valence-electron chi connectivity index (χ1n) is 9.18. The van der Waals surface area contributed by atoms with Gasteiger partial charge in [0.2, 0.25) is 5.91 Å². The summed E-state index contributed by atoms with van der Waals surface area (Å²) < 4.78 is 6.00. The number of benzene rings is 1. The largest absolute Gasteiger partial charge is 0.486 e. The Labute approximate surface area is 149 Å². The lowest BCUT2D eigenvalue weighted by atomic mass is 10.1. The lowest BCUT2D eigenvalue weighted by Gasteiger charge is -2.39. The molecule has 2 heterocycles. The van der Waals surface area contributed by atoms with Crippen LogP contribution in [0.3, 0.4) is 0 Å². The molecule has 3 rings (SSSR count). The highest BCUT2D eigenvalue weighted by molar-refractivity contribution is 5.82. The number of hydrogen-bond acceptors (Lipinski definition) is 3. The van der Waals surface area contributed by atoms with Gasteiger partial charge in [0.1, 0.15) is 11.9 Å². The van der Waals surface area contributed by atoms with E-state index in [1.807, 2.05) is 23.1 Å². The van der Waals surface area contributed by atoms with E-state index in [1.54, 1.807) is 4.90 Å². The average molecular weight is 345 g/mol. The molecule has 2 aliphatic heterocycles. The fraction of sp³-hybridized carbons (Fsp3) is 0.579. The molecule has 6 heteroatoms. The molecule has 3 amide bonds. The molecule has 2 saturated heterocycles. The normalized spacial score (nSPS) is 20.6. The van der Waals surface area contributed by atoms with Crippen LogP contribution in [0.2, 0.25) is 0 Å². The van der Waals surface area contributed by atoms with E-state index >= 15 is 0 Å². The van der Waals surface area contributed by atoms with Crippen molar-refractivity contribution in [2.45, 2.75) is 45.3 Å². The average Bonchev–Trinajstić information content (AvgIpc) is 2.90. The number of para-hydroxylation sites is 1. The maximum absolute atomic E-state index is 12.3. The Morgan fingerprint density at radius 3 is 2.72 bits per heavy atom. The number of likely N-dealkylation sites (tertiary alicyclic amines) is 2. The van der Waals surface area contributed by atoms with Gasteiger partial charge in [-0.15, -0.1) is 0 Å². The third-order valence-electron chi connectivity index (χ3n) is 4.82. The zero-order chi connectivity index (χ0) is 17.8. The molecule has 2 fully saturated rings. The van der Waals surface area contributed by atoms with E-state index in [0.717, 1.165) is 25.1 Å². The molecule has 0 radical (unpaired) electrons. The first kappa shape index (κ1) is 17.6. The Bertz CT molecular complexity index is 628.